The molecule has 1 N–H and O–H groups in total. The zero-order chi connectivity index (χ0) is 11.0. The molecule has 1 aromatic heterocycles. The van der Waals surface area contributed by atoms with E-state index in [0.29, 0.717) is 11.8 Å². The highest BCUT2D eigenvalue weighted by atomic mass is 16.2. The fourth-order valence-corrected chi connectivity index (χ4v) is 2.70. The normalized spacial score (nSPS) is 28.1. The van der Waals surface area contributed by atoms with E-state index in [4.69, 9.17) is 0 Å². The maximum atomic E-state index is 12.2. The van der Waals surface area contributed by atoms with E-state index < -0.39 is 0 Å². The number of hydrogen-bond acceptors (Lipinski definition) is 3. The van der Waals surface area contributed by atoms with Crippen LogP contribution in [0.4, 0.5) is 0 Å². The van der Waals surface area contributed by atoms with Gasteiger partial charge in [0.15, 0.2) is 0 Å². The minimum Gasteiger partial charge on any atom is -0.338 e. The van der Waals surface area contributed by atoms with Crippen LogP contribution in [0.3, 0.4) is 0 Å². The molecule has 3 heterocycles. The van der Waals surface area contributed by atoms with Crippen LogP contribution in [0.5, 0.6) is 0 Å². The van der Waals surface area contributed by atoms with Gasteiger partial charge in [0.05, 0.1) is 0 Å². The minimum absolute atomic E-state index is 0.150. The largest absolute Gasteiger partial charge is 0.338 e. The van der Waals surface area contributed by atoms with Crippen LogP contribution in [0.1, 0.15) is 10.4 Å². The van der Waals surface area contributed by atoms with Gasteiger partial charge in [0.2, 0.25) is 0 Å². The van der Waals surface area contributed by atoms with Crippen LogP contribution >= 0.6 is 0 Å². The average molecular weight is 217 g/mol. The second-order valence-corrected chi connectivity index (χ2v) is 4.62. The van der Waals surface area contributed by atoms with Gasteiger partial charge in [-0.1, -0.05) is 0 Å². The predicted molar refractivity (Wildman–Crippen MR) is 60.0 cm³/mol. The third kappa shape index (κ3) is 1.59. The van der Waals surface area contributed by atoms with E-state index in [9.17, 15) is 4.79 Å². The molecule has 2 saturated heterocycles. The molecule has 0 spiro atoms. The topological polar surface area (TPSA) is 45.2 Å². The van der Waals surface area contributed by atoms with Crippen LogP contribution in [0.25, 0.3) is 0 Å². The molecule has 2 aliphatic rings. The van der Waals surface area contributed by atoms with E-state index in [0.717, 1.165) is 31.7 Å². The van der Waals surface area contributed by atoms with Crippen molar-refractivity contribution in [3.63, 3.8) is 0 Å². The van der Waals surface area contributed by atoms with Crippen molar-refractivity contribution in [2.75, 3.05) is 26.2 Å². The van der Waals surface area contributed by atoms with Gasteiger partial charge in [-0.2, -0.15) is 0 Å². The summed E-state index contributed by atoms with van der Waals surface area (Å²) in [5.74, 6) is 1.47. The molecule has 84 valence electrons. The number of amides is 1. The Labute approximate surface area is 94.7 Å². The van der Waals surface area contributed by atoms with Crippen LogP contribution in [0.15, 0.2) is 24.5 Å². The maximum absolute atomic E-state index is 12.2. The van der Waals surface area contributed by atoms with Gasteiger partial charge < -0.3 is 10.2 Å². The molecule has 3 rings (SSSR count). The molecule has 4 nitrogen and oxygen atoms in total. The molecule has 1 amide bonds. The lowest BCUT2D eigenvalue weighted by atomic mass is 10.0. The first-order valence-corrected chi connectivity index (χ1v) is 5.74. The molecule has 0 aliphatic carbocycles. The molecule has 16 heavy (non-hydrogen) atoms. The maximum Gasteiger partial charge on any atom is 0.253 e. The number of pyridine rings is 1. The smallest absolute Gasteiger partial charge is 0.253 e. The van der Waals surface area contributed by atoms with Gasteiger partial charge in [-0.25, -0.2) is 0 Å². The monoisotopic (exact) mass is 217 g/mol. The van der Waals surface area contributed by atoms with E-state index in [2.05, 4.69) is 10.3 Å². The van der Waals surface area contributed by atoms with Crippen LogP contribution in [-0.2, 0) is 0 Å². The molecular formula is C12H15N3O. The van der Waals surface area contributed by atoms with Crippen molar-refractivity contribution in [3.8, 4) is 0 Å². The number of carbonyl (C=O) groups is 1. The van der Waals surface area contributed by atoms with Gasteiger partial charge >= 0.3 is 0 Å². The summed E-state index contributed by atoms with van der Waals surface area (Å²) in [6, 6.07) is 3.57. The second kappa shape index (κ2) is 3.87. The van der Waals surface area contributed by atoms with Crippen molar-refractivity contribution < 1.29 is 4.79 Å². The first-order valence-electron chi connectivity index (χ1n) is 5.74. The number of likely N-dealkylation sites (tertiary alicyclic amines) is 1. The Balaban J connectivity index is 1.73. The molecular weight excluding hydrogens is 202 g/mol. The standard InChI is InChI=1S/C12H15N3O/c16-12(9-1-3-13-4-2-9)15-7-10-5-14-6-11(10)8-15/h1-4,10-11,14H,5-8H2/t10-,11-/m1/s1. The van der Waals surface area contributed by atoms with Gasteiger partial charge in [-0.15, -0.1) is 0 Å². The van der Waals surface area contributed by atoms with Crippen LogP contribution in [-0.4, -0.2) is 42.0 Å². The van der Waals surface area contributed by atoms with Gasteiger partial charge in [0.25, 0.3) is 5.91 Å². The number of carbonyl (C=O) groups excluding carboxylic acids is 1. The fraction of sp³-hybridized carbons (Fsp3) is 0.500. The summed E-state index contributed by atoms with van der Waals surface area (Å²) in [6.45, 7) is 3.92. The van der Waals surface area contributed by atoms with Crippen molar-refractivity contribution >= 4 is 5.91 Å². The SMILES string of the molecule is O=C(c1ccncc1)N1C[C@H]2CNC[C@@H]2C1. The Kier molecular flexibility index (Phi) is 2.36. The van der Waals surface area contributed by atoms with E-state index >= 15 is 0 Å². The fourth-order valence-electron chi connectivity index (χ4n) is 2.70. The lowest BCUT2D eigenvalue weighted by Gasteiger charge is -2.17. The summed E-state index contributed by atoms with van der Waals surface area (Å²) in [5.41, 5.74) is 0.753. The molecule has 4 heteroatoms. The highest BCUT2D eigenvalue weighted by Gasteiger charge is 2.38. The lowest BCUT2D eigenvalue weighted by molar-refractivity contribution is 0.0781. The van der Waals surface area contributed by atoms with Crippen molar-refractivity contribution in [2.45, 2.75) is 0 Å². The number of nitrogens with zero attached hydrogens (tertiary/aromatic N) is 2. The molecule has 0 unspecified atom stereocenters. The van der Waals surface area contributed by atoms with E-state index in [-0.39, 0.29) is 5.91 Å². The Morgan fingerprint density at radius 1 is 1.25 bits per heavy atom. The summed E-state index contributed by atoms with van der Waals surface area (Å²) in [5, 5.41) is 3.38. The number of aromatic nitrogens is 1. The Hall–Kier alpha value is -1.42. The number of hydrogen-bond donors (Lipinski definition) is 1. The Bertz CT molecular complexity index is 381. The van der Waals surface area contributed by atoms with Crippen molar-refractivity contribution in [3.05, 3.63) is 30.1 Å². The van der Waals surface area contributed by atoms with Crippen molar-refractivity contribution in [2.24, 2.45) is 11.8 Å². The number of fused-ring (bicyclic) bond motifs is 1. The molecule has 2 aliphatic heterocycles. The molecule has 2 fully saturated rings. The van der Waals surface area contributed by atoms with Crippen LogP contribution < -0.4 is 5.32 Å². The quantitative estimate of drug-likeness (QED) is 0.739. The first kappa shape index (κ1) is 9.78. The highest BCUT2D eigenvalue weighted by Crippen LogP contribution is 2.27. The predicted octanol–water partition coefficient (Wildman–Crippen LogP) is 0.373. The van der Waals surface area contributed by atoms with Gasteiger partial charge in [0.1, 0.15) is 0 Å². The van der Waals surface area contributed by atoms with Gasteiger partial charge in [-0.05, 0) is 24.0 Å². The van der Waals surface area contributed by atoms with Crippen LogP contribution in [0, 0.1) is 11.8 Å². The molecule has 1 aromatic rings. The van der Waals surface area contributed by atoms with E-state index in [1.807, 2.05) is 4.90 Å². The van der Waals surface area contributed by atoms with Gasteiger partial charge in [0, 0.05) is 44.1 Å². The Morgan fingerprint density at radius 2 is 1.88 bits per heavy atom. The van der Waals surface area contributed by atoms with E-state index in [1.165, 1.54) is 0 Å². The molecule has 0 bridgehead atoms. The Morgan fingerprint density at radius 3 is 2.50 bits per heavy atom. The van der Waals surface area contributed by atoms with Crippen molar-refractivity contribution in [1.29, 1.82) is 0 Å². The van der Waals surface area contributed by atoms with E-state index in [1.54, 1.807) is 24.5 Å². The molecule has 0 radical (unpaired) electrons. The number of nitrogens with one attached hydrogen (secondary N) is 1. The second-order valence-electron chi connectivity index (χ2n) is 4.62. The average Bonchev–Trinajstić information content (AvgIpc) is 2.89. The zero-order valence-electron chi connectivity index (χ0n) is 9.10. The summed E-state index contributed by atoms with van der Waals surface area (Å²) in [7, 11) is 0. The highest BCUT2D eigenvalue weighted by molar-refractivity contribution is 5.94. The summed E-state index contributed by atoms with van der Waals surface area (Å²) >= 11 is 0. The minimum atomic E-state index is 0.150. The molecule has 2 atom stereocenters. The summed E-state index contributed by atoms with van der Waals surface area (Å²) in [6.07, 6.45) is 3.34. The molecule has 0 saturated carbocycles. The number of rotatable bonds is 1. The summed E-state index contributed by atoms with van der Waals surface area (Å²) in [4.78, 5) is 18.1. The summed E-state index contributed by atoms with van der Waals surface area (Å²) < 4.78 is 0. The molecule has 0 aromatic carbocycles. The lowest BCUT2D eigenvalue weighted by Crippen LogP contribution is -2.31. The first-order chi connectivity index (χ1) is 7.84. The van der Waals surface area contributed by atoms with Crippen LogP contribution in [0.2, 0.25) is 0 Å². The third-order valence-corrected chi connectivity index (χ3v) is 3.60. The van der Waals surface area contributed by atoms with Gasteiger partial charge in [-0.3, -0.25) is 9.78 Å². The van der Waals surface area contributed by atoms with Crippen molar-refractivity contribution in [1.82, 2.24) is 15.2 Å². The third-order valence-electron chi connectivity index (χ3n) is 3.60. The zero-order valence-corrected chi connectivity index (χ0v) is 9.10.